The number of nitrogens with one attached hydrogen (secondary N) is 7. The van der Waals surface area contributed by atoms with Crippen molar-refractivity contribution in [2.24, 2.45) is 5.73 Å². The van der Waals surface area contributed by atoms with Crippen molar-refractivity contribution < 1.29 is 48.3 Å². The first-order chi connectivity index (χ1) is 31.8. The van der Waals surface area contributed by atoms with Gasteiger partial charge in [-0.3, -0.25) is 38.4 Å². The molecule has 0 saturated carbocycles. The van der Waals surface area contributed by atoms with Gasteiger partial charge in [-0.15, -0.1) is 0 Å². The number of aliphatic carboxylic acids is 1. The van der Waals surface area contributed by atoms with Crippen molar-refractivity contribution in [2.45, 2.75) is 87.2 Å². The van der Waals surface area contributed by atoms with Crippen LogP contribution in [0.15, 0.2) is 60.9 Å². The van der Waals surface area contributed by atoms with Gasteiger partial charge >= 0.3 is 5.97 Å². The second-order valence-electron chi connectivity index (χ2n) is 16.4. The van der Waals surface area contributed by atoms with Gasteiger partial charge in [0.2, 0.25) is 41.4 Å². The Balaban J connectivity index is 1.23. The summed E-state index contributed by atoms with van der Waals surface area (Å²) in [5, 5.41) is 25.0. The van der Waals surface area contributed by atoms with Crippen LogP contribution in [0, 0.1) is 0 Å². The minimum atomic E-state index is -1.68. The highest BCUT2D eigenvalue weighted by Gasteiger charge is 2.42. The zero-order valence-electron chi connectivity index (χ0n) is 35.8. The number of carboxylic acid groups (broad SMARTS) is 1. The minimum absolute atomic E-state index is 0.0126. The van der Waals surface area contributed by atoms with E-state index < -0.39 is 103 Å². The maximum atomic E-state index is 14.4. The molecule has 66 heavy (non-hydrogen) atoms. The smallest absolute Gasteiger partial charge is 0.305 e. The molecule has 0 spiro atoms. The molecule has 5 heterocycles. The molecule has 0 bridgehead atoms. The molecule has 0 radical (unpaired) electrons. The van der Waals surface area contributed by atoms with Gasteiger partial charge in [0, 0.05) is 71.6 Å². The lowest BCUT2D eigenvalue weighted by Crippen LogP contribution is -2.60. The highest BCUT2D eigenvalue weighted by Crippen LogP contribution is 2.27. The lowest BCUT2D eigenvalue weighted by molar-refractivity contribution is -0.146. The number of hydrogen-bond acceptors (Lipinski definition) is 12. The molecule has 20 nitrogen and oxygen atoms in total. The molecule has 10 N–H and O–H groups in total. The Kier molecular flexibility index (Phi) is 15.7. The third kappa shape index (κ3) is 11.2. The van der Waals surface area contributed by atoms with E-state index in [2.05, 4.69) is 36.6 Å². The van der Waals surface area contributed by atoms with E-state index in [0.717, 1.165) is 43.4 Å². The van der Waals surface area contributed by atoms with Crippen LogP contribution in [0.25, 0.3) is 21.8 Å². The molecule has 3 aliphatic heterocycles. The SMILES string of the molecule is NCC(=O)N[C@H]1CSSC[C@@H](C=O)NC(=O)[C@H](Cc2c[nH]c3ccccc23)NC(=O)[C@@H]2CCCN2C(=O)[C@H](CC(=O)O)NC(=O)[C@@H](Cc2c[nH]c3ccccc23)NC(=O)[C@@H]2CCCN2C1=O. The van der Waals surface area contributed by atoms with E-state index in [4.69, 9.17) is 5.73 Å². The normalized spacial score (nSPS) is 25.4. The fourth-order valence-corrected chi connectivity index (χ4v) is 11.0. The number of para-hydroxylation sites is 2. The summed E-state index contributed by atoms with van der Waals surface area (Å²) in [7, 11) is 2.30. The summed E-state index contributed by atoms with van der Waals surface area (Å²) < 4.78 is 0. The van der Waals surface area contributed by atoms with Gasteiger partial charge in [0.25, 0.3) is 0 Å². The van der Waals surface area contributed by atoms with Crippen LogP contribution < -0.4 is 32.3 Å². The van der Waals surface area contributed by atoms with Gasteiger partial charge < -0.3 is 62.0 Å². The van der Waals surface area contributed by atoms with Crippen molar-refractivity contribution in [1.29, 1.82) is 0 Å². The lowest BCUT2D eigenvalue weighted by Gasteiger charge is -2.31. The fraction of sp³-hybridized carbons (Fsp3) is 0.432. The molecule has 22 heteroatoms. The van der Waals surface area contributed by atoms with Crippen molar-refractivity contribution in [3.05, 3.63) is 72.1 Å². The van der Waals surface area contributed by atoms with E-state index in [9.17, 15) is 48.3 Å². The van der Waals surface area contributed by atoms with Gasteiger partial charge in [-0.2, -0.15) is 0 Å². The molecule has 2 aromatic carbocycles. The molecule has 7 rings (SSSR count). The number of aromatic nitrogens is 2. The molecule has 3 saturated heterocycles. The van der Waals surface area contributed by atoms with Crippen molar-refractivity contribution in [3.63, 3.8) is 0 Å². The van der Waals surface area contributed by atoms with Gasteiger partial charge in [-0.25, -0.2) is 0 Å². The fourth-order valence-electron chi connectivity index (χ4n) is 8.71. The summed E-state index contributed by atoms with van der Waals surface area (Å²) in [5.74, 6) is -6.43. The second kappa shape index (κ2) is 21.7. The first-order valence-electron chi connectivity index (χ1n) is 21.7. The minimum Gasteiger partial charge on any atom is -0.481 e. The number of fused-ring (bicyclic) bond motifs is 4. The van der Waals surface area contributed by atoms with Crippen LogP contribution in [0.2, 0.25) is 0 Å². The van der Waals surface area contributed by atoms with Gasteiger partial charge in [-0.05, 0) is 48.9 Å². The van der Waals surface area contributed by atoms with E-state index in [1.165, 1.54) is 9.80 Å². The first kappa shape index (κ1) is 47.6. The summed E-state index contributed by atoms with van der Waals surface area (Å²) in [6.07, 6.45) is 4.12. The summed E-state index contributed by atoms with van der Waals surface area (Å²) >= 11 is 0. The number of rotatable bonds is 9. The Labute approximate surface area is 386 Å². The number of aromatic amines is 2. The monoisotopic (exact) mass is 944 g/mol. The predicted molar refractivity (Wildman–Crippen MR) is 245 cm³/mol. The van der Waals surface area contributed by atoms with Crippen LogP contribution in [-0.2, 0) is 56.0 Å². The Bertz CT molecular complexity index is 2500. The largest absolute Gasteiger partial charge is 0.481 e. The van der Waals surface area contributed by atoms with Crippen LogP contribution >= 0.6 is 21.6 Å². The average molecular weight is 945 g/mol. The number of carboxylic acids is 1. The van der Waals surface area contributed by atoms with Crippen LogP contribution in [-0.4, -0.2) is 152 Å². The molecule has 7 atom stereocenters. The zero-order valence-corrected chi connectivity index (χ0v) is 37.4. The third-order valence-electron chi connectivity index (χ3n) is 12.0. The summed E-state index contributed by atoms with van der Waals surface area (Å²) in [5.41, 5.74) is 8.45. The number of hydrogen-bond donors (Lipinski definition) is 9. The first-order valence-corrected chi connectivity index (χ1v) is 24.2. The van der Waals surface area contributed by atoms with Crippen LogP contribution in [0.5, 0.6) is 0 Å². The number of H-pyrrole nitrogens is 2. The maximum absolute atomic E-state index is 14.4. The highest BCUT2D eigenvalue weighted by molar-refractivity contribution is 8.76. The molecule has 0 aliphatic carbocycles. The van der Waals surface area contributed by atoms with Gasteiger partial charge in [0.05, 0.1) is 19.0 Å². The Morgan fingerprint density at radius 2 is 1.20 bits per heavy atom. The van der Waals surface area contributed by atoms with Crippen LogP contribution in [0.3, 0.4) is 0 Å². The number of benzene rings is 2. The maximum Gasteiger partial charge on any atom is 0.305 e. The number of amides is 7. The van der Waals surface area contributed by atoms with Gasteiger partial charge in [0.15, 0.2) is 0 Å². The lowest BCUT2D eigenvalue weighted by atomic mass is 10.0. The zero-order chi connectivity index (χ0) is 46.9. The van der Waals surface area contributed by atoms with Crippen LogP contribution in [0.4, 0.5) is 0 Å². The predicted octanol–water partition coefficient (Wildman–Crippen LogP) is -0.132. The number of carbonyl (C=O) groups excluding carboxylic acids is 8. The number of nitrogens with two attached hydrogens (primary N) is 1. The molecule has 3 aliphatic rings. The van der Waals surface area contributed by atoms with Crippen LogP contribution in [0.1, 0.15) is 43.2 Å². The quantitative estimate of drug-likeness (QED) is 0.0782. The average Bonchev–Trinajstić information content (AvgIpc) is 4.15. The summed E-state index contributed by atoms with van der Waals surface area (Å²) in [6.45, 7) is -0.228. The van der Waals surface area contributed by atoms with Crippen molar-refractivity contribution in [2.75, 3.05) is 31.1 Å². The molecular weight excluding hydrogens is 893 g/mol. The van der Waals surface area contributed by atoms with Crippen molar-refractivity contribution >= 4 is 97.0 Å². The van der Waals surface area contributed by atoms with Crippen molar-refractivity contribution in [1.82, 2.24) is 46.4 Å². The topological polar surface area (TPSA) is 298 Å². The number of aldehydes is 1. The summed E-state index contributed by atoms with van der Waals surface area (Å²) in [6, 6.07) is 5.90. The van der Waals surface area contributed by atoms with E-state index in [1.54, 1.807) is 18.5 Å². The van der Waals surface area contributed by atoms with E-state index in [-0.39, 0.29) is 50.3 Å². The second-order valence-corrected chi connectivity index (χ2v) is 19.0. The van der Waals surface area contributed by atoms with E-state index in [0.29, 0.717) is 30.3 Å². The number of nitrogens with zero attached hydrogens (tertiary/aromatic N) is 2. The molecule has 4 aromatic rings. The standard InChI is InChI=1S/C44H52N10O10S2/c45-18-37(56)49-34-23-66-65-22-26(21-55)48-39(59)31(15-24-19-46-29-9-3-1-7-27(24)29)50-41(61)35-11-5-13-53(35)43(63)33(17-38(57)58)52-40(60)32(16-25-20-47-30-10-4-2-8-28(25)30)51-42(62)36-12-6-14-54(36)44(34)64/h1-4,7-10,19-21,26,31-36,46-47H,5-6,11-18,22-23,45H2,(H,48,59)(H,49,56)(H,50,61)(H,51,62)(H,52,60)(H,57,58)/t26-,31+,32-,33+,34+,35+,36+/m1/s1. The number of carbonyl (C=O) groups is 9. The Morgan fingerprint density at radius 3 is 1.73 bits per heavy atom. The molecule has 3 fully saturated rings. The summed E-state index contributed by atoms with van der Waals surface area (Å²) in [4.78, 5) is 132. The molecule has 0 unspecified atom stereocenters. The molecule has 350 valence electrons. The Morgan fingerprint density at radius 1 is 0.697 bits per heavy atom. The molecule has 2 aromatic heterocycles. The molecular formula is C44H52N10O10S2. The molecule has 7 amide bonds. The van der Waals surface area contributed by atoms with E-state index in [1.807, 2.05) is 42.5 Å². The third-order valence-corrected chi connectivity index (χ3v) is 14.5. The van der Waals surface area contributed by atoms with Gasteiger partial charge in [0.1, 0.15) is 42.5 Å². The van der Waals surface area contributed by atoms with E-state index >= 15 is 0 Å². The Hall–Kier alpha value is -6.39. The van der Waals surface area contributed by atoms with Crippen molar-refractivity contribution in [3.8, 4) is 0 Å². The van der Waals surface area contributed by atoms with Gasteiger partial charge in [-0.1, -0.05) is 58.0 Å². The highest BCUT2D eigenvalue weighted by atomic mass is 33.1.